The third-order valence-corrected chi connectivity index (χ3v) is 4.71. The van der Waals surface area contributed by atoms with Gasteiger partial charge in [-0.1, -0.05) is 23.9 Å². The lowest BCUT2D eigenvalue weighted by Gasteiger charge is -2.35. The van der Waals surface area contributed by atoms with E-state index < -0.39 is 17.8 Å². The molecular weight excluding hydrogens is 380 g/mol. The fourth-order valence-corrected chi connectivity index (χ4v) is 3.28. The summed E-state index contributed by atoms with van der Waals surface area (Å²) >= 11 is 5.93. The fraction of sp³-hybridized carbons (Fsp3) is 0.176. The Bertz CT molecular complexity index is 818. The molecular formula is C17H15F2N3O2S2. The number of fused-ring (bicyclic) bond motifs is 1. The predicted octanol–water partition coefficient (Wildman–Crippen LogP) is 3.45. The monoisotopic (exact) mass is 395 g/mol. The molecule has 0 radical (unpaired) electrons. The van der Waals surface area contributed by atoms with E-state index in [4.69, 9.17) is 22.7 Å². The van der Waals surface area contributed by atoms with E-state index in [2.05, 4.69) is 5.32 Å². The predicted molar refractivity (Wildman–Crippen MR) is 102 cm³/mol. The molecule has 2 aromatic rings. The van der Waals surface area contributed by atoms with Gasteiger partial charge in [-0.3, -0.25) is 4.79 Å². The van der Waals surface area contributed by atoms with E-state index in [1.165, 1.54) is 0 Å². The zero-order valence-corrected chi connectivity index (χ0v) is 15.0. The Morgan fingerprint density at radius 2 is 1.96 bits per heavy atom. The molecule has 0 saturated carbocycles. The van der Waals surface area contributed by atoms with E-state index in [-0.39, 0.29) is 6.54 Å². The number of alkyl halides is 2. The number of para-hydroxylation sites is 2. The van der Waals surface area contributed by atoms with E-state index in [1.54, 1.807) is 41.3 Å². The van der Waals surface area contributed by atoms with Crippen molar-refractivity contribution in [2.24, 2.45) is 5.73 Å². The molecule has 1 unspecified atom stereocenters. The van der Waals surface area contributed by atoms with Gasteiger partial charge in [0.25, 0.3) is 11.7 Å². The second-order valence-electron chi connectivity index (χ2n) is 5.42. The van der Waals surface area contributed by atoms with E-state index in [9.17, 15) is 13.6 Å². The molecule has 0 aromatic heterocycles. The molecule has 1 atom stereocenters. The lowest BCUT2D eigenvalue weighted by Crippen LogP contribution is -2.50. The van der Waals surface area contributed by atoms with Crippen LogP contribution in [0.15, 0.2) is 53.4 Å². The van der Waals surface area contributed by atoms with E-state index in [1.807, 2.05) is 12.1 Å². The molecule has 1 aliphatic heterocycles. The van der Waals surface area contributed by atoms with Crippen molar-refractivity contribution in [3.63, 3.8) is 0 Å². The first-order valence-corrected chi connectivity index (χ1v) is 8.91. The Kier molecular flexibility index (Phi) is 5.58. The van der Waals surface area contributed by atoms with Gasteiger partial charge in [0.15, 0.2) is 11.2 Å². The molecule has 1 aliphatic rings. The van der Waals surface area contributed by atoms with Gasteiger partial charge in [0, 0.05) is 10.6 Å². The normalized spacial score (nSPS) is 16.0. The van der Waals surface area contributed by atoms with Crippen LogP contribution in [0.2, 0.25) is 0 Å². The summed E-state index contributed by atoms with van der Waals surface area (Å²) < 4.78 is 30.4. The van der Waals surface area contributed by atoms with Gasteiger partial charge < -0.3 is 20.7 Å². The van der Waals surface area contributed by atoms with Gasteiger partial charge in [-0.15, -0.1) is 0 Å². The third-order valence-electron chi connectivity index (χ3n) is 3.67. The molecule has 1 heterocycles. The number of anilines is 2. The number of amides is 1. The minimum Gasteiger partial charge on any atom is -0.477 e. The van der Waals surface area contributed by atoms with Crippen molar-refractivity contribution in [3.8, 4) is 5.75 Å². The largest absolute Gasteiger partial charge is 0.477 e. The number of benzene rings is 2. The summed E-state index contributed by atoms with van der Waals surface area (Å²) in [6.45, 7) is 0.178. The van der Waals surface area contributed by atoms with Crippen LogP contribution < -0.4 is 20.7 Å². The lowest BCUT2D eigenvalue weighted by atomic mass is 10.2. The summed E-state index contributed by atoms with van der Waals surface area (Å²) in [4.78, 5) is 13.7. The molecule has 26 heavy (non-hydrogen) atoms. The van der Waals surface area contributed by atoms with Gasteiger partial charge in [0.1, 0.15) is 5.75 Å². The van der Waals surface area contributed by atoms with Gasteiger partial charge >= 0.3 is 0 Å². The highest BCUT2D eigenvalue weighted by atomic mass is 32.2. The van der Waals surface area contributed by atoms with Crippen LogP contribution in [0.1, 0.15) is 0 Å². The number of carbonyl (C=O) groups excluding carboxylic acids is 1. The molecule has 9 heteroatoms. The van der Waals surface area contributed by atoms with Gasteiger partial charge in [0.05, 0.1) is 12.2 Å². The molecule has 3 N–H and O–H groups in total. The molecule has 5 nitrogen and oxygen atoms in total. The van der Waals surface area contributed by atoms with Crippen molar-refractivity contribution in [1.82, 2.24) is 0 Å². The number of primary amides is 1. The van der Waals surface area contributed by atoms with Crippen LogP contribution in [0.4, 0.5) is 20.2 Å². The quantitative estimate of drug-likeness (QED) is 0.611. The topological polar surface area (TPSA) is 67.6 Å². The number of hydrogen-bond acceptors (Lipinski definition) is 4. The second kappa shape index (κ2) is 7.88. The van der Waals surface area contributed by atoms with E-state index in [0.717, 1.165) is 0 Å². The minimum atomic E-state index is -2.47. The number of carbonyl (C=O) groups is 1. The molecule has 0 spiro atoms. The number of thiocarbonyl (C=S) groups is 1. The van der Waals surface area contributed by atoms with Crippen molar-refractivity contribution in [1.29, 1.82) is 0 Å². The maximum atomic E-state index is 12.4. The third kappa shape index (κ3) is 4.23. The number of nitrogens with one attached hydrogen (secondary N) is 1. The standard InChI is InChI=1S/C17H15F2N3O2S2/c18-16(19)26-11-7-5-10(6-8-11)21-17(25)22-9-14(15(20)23)24-13-4-2-1-3-12(13)22/h1-8,14,16H,9H2,(H2,20,23)(H,21,25). The van der Waals surface area contributed by atoms with Crippen molar-refractivity contribution in [2.45, 2.75) is 16.8 Å². The Morgan fingerprint density at radius 3 is 2.62 bits per heavy atom. The smallest absolute Gasteiger partial charge is 0.288 e. The Hall–Kier alpha value is -2.39. The number of ether oxygens (including phenoxy) is 1. The molecule has 0 fully saturated rings. The minimum absolute atomic E-state index is 0.178. The zero-order chi connectivity index (χ0) is 18.7. The van der Waals surface area contributed by atoms with Crippen molar-refractivity contribution < 1.29 is 18.3 Å². The average Bonchev–Trinajstić information content (AvgIpc) is 2.61. The van der Waals surface area contributed by atoms with Crippen LogP contribution >= 0.6 is 24.0 Å². The van der Waals surface area contributed by atoms with Gasteiger partial charge in [-0.25, -0.2) is 0 Å². The molecule has 136 valence electrons. The summed E-state index contributed by atoms with van der Waals surface area (Å²) in [5.41, 5.74) is 6.74. The van der Waals surface area contributed by atoms with Gasteiger partial charge in [-0.2, -0.15) is 8.78 Å². The van der Waals surface area contributed by atoms with E-state index in [0.29, 0.717) is 38.9 Å². The Labute approximate surface area is 158 Å². The van der Waals surface area contributed by atoms with Crippen LogP contribution in [-0.2, 0) is 4.79 Å². The fourth-order valence-electron chi connectivity index (χ4n) is 2.49. The maximum Gasteiger partial charge on any atom is 0.288 e. The zero-order valence-electron chi connectivity index (χ0n) is 13.4. The highest BCUT2D eigenvalue weighted by molar-refractivity contribution is 7.99. The highest BCUT2D eigenvalue weighted by Gasteiger charge is 2.31. The van der Waals surface area contributed by atoms with Crippen LogP contribution in [0.25, 0.3) is 0 Å². The molecule has 0 aliphatic carbocycles. The summed E-state index contributed by atoms with van der Waals surface area (Å²) in [6, 6.07) is 13.7. The maximum absolute atomic E-state index is 12.4. The Balaban J connectivity index is 1.77. The Morgan fingerprint density at radius 1 is 1.27 bits per heavy atom. The van der Waals surface area contributed by atoms with Crippen LogP contribution in [0, 0.1) is 0 Å². The molecule has 2 aromatic carbocycles. The molecule has 3 rings (SSSR count). The van der Waals surface area contributed by atoms with Crippen molar-refractivity contribution >= 4 is 46.4 Å². The number of nitrogens with two attached hydrogens (primary N) is 1. The van der Waals surface area contributed by atoms with Gasteiger partial charge in [0.2, 0.25) is 0 Å². The summed E-state index contributed by atoms with van der Waals surface area (Å²) in [7, 11) is 0. The number of hydrogen-bond donors (Lipinski definition) is 2. The van der Waals surface area contributed by atoms with E-state index >= 15 is 0 Å². The van der Waals surface area contributed by atoms with Gasteiger partial charge in [-0.05, 0) is 48.6 Å². The number of thioether (sulfide) groups is 1. The number of rotatable bonds is 4. The molecule has 0 saturated heterocycles. The summed E-state index contributed by atoms with van der Waals surface area (Å²) in [5.74, 6) is -2.54. The number of halogens is 2. The first kappa shape index (κ1) is 18.4. The average molecular weight is 395 g/mol. The van der Waals surface area contributed by atoms with Crippen LogP contribution in [0.3, 0.4) is 0 Å². The number of nitrogens with zero attached hydrogens (tertiary/aromatic N) is 1. The van der Waals surface area contributed by atoms with Crippen molar-refractivity contribution in [3.05, 3.63) is 48.5 Å². The molecule has 1 amide bonds. The highest BCUT2D eigenvalue weighted by Crippen LogP contribution is 2.33. The molecule has 0 bridgehead atoms. The summed E-state index contributed by atoms with van der Waals surface area (Å²) in [5, 5.41) is 3.39. The SMILES string of the molecule is NC(=O)C1CN(C(=S)Nc2ccc(SC(F)F)cc2)c2ccccc2O1. The summed E-state index contributed by atoms with van der Waals surface area (Å²) in [6.07, 6.45) is -0.825. The van der Waals surface area contributed by atoms with Crippen LogP contribution in [0.5, 0.6) is 5.75 Å². The van der Waals surface area contributed by atoms with Crippen molar-refractivity contribution in [2.75, 3.05) is 16.8 Å². The second-order valence-corrected chi connectivity index (χ2v) is 6.87. The first-order chi connectivity index (χ1) is 12.4. The lowest BCUT2D eigenvalue weighted by molar-refractivity contribution is -0.124. The van der Waals surface area contributed by atoms with Crippen LogP contribution in [-0.4, -0.2) is 29.4 Å². The first-order valence-electron chi connectivity index (χ1n) is 7.62.